The highest BCUT2D eigenvalue weighted by Crippen LogP contribution is 2.21. The summed E-state index contributed by atoms with van der Waals surface area (Å²) in [4.78, 5) is 13.5. The smallest absolute Gasteiger partial charge is 0.242 e. The van der Waals surface area contributed by atoms with Gasteiger partial charge in [-0.15, -0.1) is 0 Å². The molecule has 1 unspecified atom stereocenters. The van der Waals surface area contributed by atoms with Crippen LogP contribution in [0.25, 0.3) is 0 Å². The molecule has 0 aromatic rings. The minimum Gasteiger partial charge on any atom is -0.242 e. The zero-order valence-electron chi connectivity index (χ0n) is 6.12. The van der Waals surface area contributed by atoms with E-state index in [1.54, 1.807) is 0 Å². The van der Waals surface area contributed by atoms with E-state index in [-0.39, 0.29) is 6.17 Å². The molecule has 2 rings (SSSR count). The summed E-state index contributed by atoms with van der Waals surface area (Å²) < 4.78 is 1.25. The fourth-order valence-electron chi connectivity index (χ4n) is 1.97. The van der Waals surface area contributed by atoms with E-state index in [4.69, 9.17) is 0 Å². The molecule has 0 bridgehead atoms. The molecule has 2 heterocycles. The van der Waals surface area contributed by atoms with Crippen LogP contribution in [0.15, 0.2) is 0 Å². The molecule has 3 nitrogen and oxygen atoms in total. The van der Waals surface area contributed by atoms with E-state index in [1.165, 1.54) is 11.2 Å². The van der Waals surface area contributed by atoms with Crippen LogP contribution in [0.2, 0.25) is 0 Å². The first-order valence-corrected chi connectivity index (χ1v) is 4.06. The topological polar surface area (TPSA) is 23.3 Å². The number of fused-ring (bicyclic) bond motifs is 1. The maximum absolute atomic E-state index is 11.2. The van der Waals surface area contributed by atoms with Crippen molar-refractivity contribution < 1.29 is 4.76 Å². The molecule has 1 atom stereocenters. The van der Waals surface area contributed by atoms with E-state index in [0.717, 1.165) is 32.5 Å². The second-order valence-corrected chi connectivity index (χ2v) is 3.15. The van der Waals surface area contributed by atoms with Gasteiger partial charge in [0.15, 0.2) is 6.54 Å². The minimum atomic E-state index is 0.244. The van der Waals surface area contributed by atoms with E-state index in [0.29, 0.717) is 0 Å². The standard InChI is InChI=1S/C7H13N2O/c10-9-6-2-5-8-4-1-3-7(8)9/h7H,1-6H2/q+1. The number of nitrogens with zero attached hydrogens (tertiary/aromatic N) is 2. The summed E-state index contributed by atoms with van der Waals surface area (Å²) in [7, 11) is 0. The van der Waals surface area contributed by atoms with Crippen LogP contribution < -0.4 is 0 Å². The summed E-state index contributed by atoms with van der Waals surface area (Å²) in [5.74, 6) is 0. The highest BCUT2D eigenvalue weighted by Gasteiger charge is 2.39. The zero-order chi connectivity index (χ0) is 6.97. The van der Waals surface area contributed by atoms with Crippen LogP contribution in [0, 0.1) is 4.91 Å². The van der Waals surface area contributed by atoms with Gasteiger partial charge in [0.2, 0.25) is 0 Å². The largest absolute Gasteiger partial charge is 0.257 e. The van der Waals surface area contributed by atoms with Gasteiger partial charge in [-0.05, 0) is 6.42 Å². The van der Waals surface area contributed by atoms with Gasteiger partial charge in [0, 0.05) is 35.6 Å². The Morgan fingerprint density at radius 3 is 2.90 bits per heavy atom. The lowest BCUT2D eigenvalue weighted by atomic mass is 10.2. The second-order valence-electron chi connectivity index (χ2n) is 3.15. The molecule has 0 aromatic carbocycles. The molecule has 56 valence electrons. The quantitative estimate of drug-likeness (QED) is 0.461. The van der Waals surface area contributed by atoms with Gasteiger partial charge in [0.25, 0.3) is 6.17 Å². The maximum atomic E-state index is 11.2. The van der Waals surface area contributed by atoms with Crippen molar-refractivity contribution in [3.8, 4) is 0 Å². The lowest BCUT2D eigenvalue weighted by molar-refractivity contribution is -0.617. The molecule has 0 aliphatic carbocycles. The molecule has 0 N–H and O–H groups in total. The Hall–Kier alpha value is -0.440. The summed E-state index contributed by atoms with van der Waals surface area (Å²) in [6, 6.07) is 0. The van der Waals surface area contributed by atoms with Crippen LogP contribution in [0.4, 0.5) is 0 Å². The average molecular weight is 141 g/mol. The van der Waals surface area contributed by atoms with Gasteiger partial charge < -0.3 is 0 Å². The van der Waals surface area contributed by atoms with Crippen LogP contribution in [0.1, 0.15) is 19.3 Å². The number of nitroso groups, excluding NO2 is 1. The third-order valence-electron chi connectivity index (χ3n) is 2.49. The lowest BCUT2D eigenvalue weighted by Crippen LogP contribution is -2.43. The monoisotopic (exact) mass is 141 g/mol. The summed E-state index contributed by atoms with van der Waals surface area (Å²) in [5, 5.41) is 0. The SMILES string of the molecule is O=[N+]1CCCN2CCCC21. The summed E-state index contributed by atoms with van der Waals surface area (Å²) in [5.41, 5.74) is 0. The van der Waals surface area contributed by atoms with Gasteiger partial charge in [-0.1, -0.05) is 0 Å². The maximum Gasteiger partial charge on any atom is 0.257 e. The Morgan fingerprint density at radius 2 is 2.10 bits per heavy atom. The van der Waals surface area contributed by atoms with Crippen LogP contribution >= 0.6 is 0 Å². The molecule has 0 saturated carbocycles. The van der Waals surface area contributed by atoms with Crippen molar-refractivity contribution in [1.29, 1.82) is 0 Å². The molecule has 3 heteroatoms. The Morgan fingerprint density at radius 1 is 1.30 bits per heavy atom. The van der Waals surface area contributed by atoms with Gasteiger partial charge in [-0.3, -0.25) is 0 Å². The lowest BCUT2D eigenvalue weighted by Gasteiger charge is -2.21. The molecular formula is C7H13N2O+. The highest BCUT2D eigenvalue weighted by molar-refractivity contribution is 4.73. The van der Waals surface area contributed by atoms with Crippen molar-refractivity contribution in [3.05, 3.63) is 4.91 Å². The van der Waals surface area contributed by atoms with E-state index < -0.39 is 0 Å². The fourth-order valence-corrected chi connectivity index (χ4v) is 1.97. The molecular weight excluding hydrogens is 128 g/mol. The first kappa shape index (κ1) is 6.28. The molecule has 2 fully saturated rings. The van der Waals surface area contributed by atoms with Gasteiger partial charge >= 0.3 is 0 Å². The Labute approximate surface area is 60.6 Å². The van der Waals surface area contributed by atoms with Crippen molar-refractivity contribution in [1.82, 2.24) is 4.90 Å². The zero-order valence-corrected chi connectivity index (χ0v) is 6.12. The molecule has 2 saturated heterocycles. The van der Waals surface area contributed by atoms with Gasteiger partial charge in [-0.2, -0.15) is 0 Å². The Bertz CT molecular complexity index is 158. The highest BCUT2D eigenvalue weighted by atomic mass is 16.3. The molecule has 0 aromatic heterocycles. The fraction of sp³-hybridized carbons (Fsp3) is 1.00. The first-order chi connectivity index (χ1) is 4.88. The molecule has 2 aliphatic rings. The van der Waals surface area contributed by atoms with Crippen molar-refractivity contribution in [2.75, 3.05) is 19.6 Å². The molecule has 0 radical (unpaired) electrons. The van der Waals surface area contributed by atoms with Crippen molar-refractivity contribution in [2.24, 2.45) is 0 Å². The normalized spacial score (nSPS) is 34.4. The van der Waals surface area contributed by atoms with Crippen molar-refractivity contribution in [2.45, 2.75) is 25.4 Å². The number of rotatable bonds is 0. The third kappa shape index (κ3) is 0.850. The molecule has 0 spiro atoms. The second kappa shape index (κ2) is 2.31. The number of hydrogen-bond donors (Lipinski definition) is 0. The van der Waals surface area contributed by atoms with E-state index in [2.05, 4.69) is 4.90 Å². The average Bonchev–Trinajstić information content (AvgIpc) is 2.36. The first-order valence-electron chi connectivity index (χ1n) is 4.06. The Balaban J connectivity index is 2.10. The van der Waals surface area contributed by atoms with Gasteiger partial charge in [0.05, 0.1) is 0 Å². The van der Waals surface area contributed by atoms with Crippen LogP contribution in [-0.4, -0.2) is 35.5 Å². The number of hydrogen-bond acceptors (Lipinski definition) is 2. The van der Waals surface area contributed by atoms with E-state index >= 15 is 0 Å². The van der Waals surface area contributed by atoms with Crippen molar-refractivity contribution in [3.63, 3.8) is 0 Å². The third-order valence-corrected chi connectivity index (χ3v) is 2.49. The predicted octanol–water partition coefficient (Wildman–Crippen LogP) is 0.591. The summed E-state index contributed by atoms with van der Waals surface area (Å²) in [6.45, 7) is 3.04. The van der Waals surface area contributed by atoms with Crippen LogP contribution in [-0.2, 0) is 0 Å². The Kier molecular flexibility index (Phi) is 1.45. The summed E-state index contributed by atoms with van der Waals surface area (Å²) >= 11 is 0. The molecule has 0 amide bonds. The van der Waals surface area contributed by atoms with Crippen LogP contribution in [0.3, 0.4) is 0 Å². The van der Waals surface area contributed by atoms with E-state index in [9.17, 15) is 4.91 Å². The minimum absolute atomic E-state index is 0.244. The van der Waals surface area contributed by atoms with Crippen LogP contribution in [0.5, 0.6) is 0 Å². The van der Waals surface area contributed by atoms with Gasteiger partial charge in [-0.25, -0.2) is 4.90 Å². The molecule has 10 heavy (non-hydrogen) atoms. The van der Waals surface area contributed by atoms with E-state index in [1.807, 2.05) is 0 Å². The summed E-state index contributed by atoms with van der Waals surface area (Å²) in [6.07, 6.45) is 3.60. The molecule has 2 aliphatic heterocycles. The van der Waals surface area contributed by atoms with Crippen molar-refractivity contribution >= 4 is 0 Å². The van der Waals surface area contributed by atoms with Gasteiger partial charge in [0.1, 0.15) is 0 Å². The predicted molar refractivity (Wildman–Crippen MR) is 37.7 cm³/mol.